The molecule has 4 heterocycles. The molecule has 6 nitrogen and oxygen atoms in total. The van der Waals surface area contributed by atoms with Crippen LogP contribution in [0.5, 0.6) is 0 Å². The van der Waals surface area contributed by atoms with E-state index in [1.807, 2.05) is 0 Å². The standard InChI is InChI=1S/C13H12N4O2S/c1-17-3-2-8-6(5-17)4-7-9-11(20-13(7)14-8)10(18)12(19)16-15-9/h4H,2-3,5H2,1H3,(H,15,18)(H,16,19)/p+1. The molecule has 3 aromatic heterocycles. The molecule has 1 atom stereocenters. The molecule has 0 amide bonds. The first kappa shape index (κ1) is 11.8. The Kier molecular flexibility index (Phi) is 2.36. The lowest BCUT2D eigenvalue weighted by molar-refractivity contribution is -0.895. The first-order valence-electron chi connectivity index (χ1n) is 6.51. The Morgan fingerprint density at radius 1 is 1.35 bits per heavy atom. The summed E-state index contributed by atoms with van der Waals surface area (Å²) in [6.07, 6.45) is 0.957. The second-order valence-corrected chi connectivity index (χ2v) is 6.29. The van der Waals surface area contributed by atoms with Gasteiger partial charge in [-0.1, -0.05) is 0 Å². The molecule has 0 saturated heterocycles. The van der Waals surface area contributed by atoms with Crippen LogP contribution in [0.1, 0.15) is 11.3 Å². The maximum atomic E-state index is 11.9. The number of hydrogen-bond donors (Lipinski definition) is 3. The zero-order chi connectivity index (χ0) is 13.9. The molecule has 0 radical (unpaired) electrons. The van der Waals surface area contributed by atoms with Gasteiger partial charge < -0.3 is 4.90 Å². The highest BCUT2D eigenvalue weighted by molar-refractivity contribution is 7.25. The second kappa shape index (κ2) is 4.00. The molecule has 1 aliphatic rings. The highest BCUT2D eigenvalue weighted by Crippen LogP contribution is 2.30. The van der Waals surface area contributed by atoms with Crippen LogP contribution in [0.15, 0.2) is 15.7 Å². The fourth-order valence-electron chi connectivity index (χ4n) is 2.78. The molecule has 102 valence electrons. The lowest BCUT2D eigenvalue weighted by Gasteiger charge is -2.21. The summed E-state index contributed by atoms with van der Waals surface area (Å²) in [6.45, 7) is 2.02. The average Bonchev–Trinajstić information content (AvgIpc) is 2.79. The van der Waals surface area contributed by atoms with E-state index in [1.54, 1.807) is 0 Å². The van der Waals surface area contributed by atoms with Gasteiger partial charge in [0.2, 0.25) is 0 Å². The quantitative estimate of drug-likeness (QED) is 0.483. The normalized spacial score (nSPS) is 18.6. The minimum absolute atomic E-state index is 0.458. The van der Waals surface area contributed by atoms with Gasteiger partial charge in [-0.2, -0.15) is 0 Å². The molecule has 1 unspecified atom stereocenters. The Morgan fingerprint density at radius 2 is 2.20 bits per heavy atom. The third-order valence-electron chi connectivity index (χ3n) is 3.85. The minimum Gasteiger partial charge on any atom is -0.333 e. The number of quaternary nitrogens is 1. The van der Waals surface area contributed by atoms with Gasteiger partial charge >= 0.3 is 5.56 Å². The Bertz CT molecular complexity index is 953. The van der Waals surface area contributed by atoms with Crippen molar-refractivity contribution in [2.24, 2.45) is 0 Å². The minimum atomic E-state index is -0.613. The predicted molar refractivity (Wildman–Crippen MR) is 77.5 cm³/mol. The number of H-pyrrole nitrogens is 2. The number of thiophene rings is 1. The Morgan fingerprint density at radius 3 is 3.05 bits per heavy atom. The summed E-state index contributed by atoms with van der Waals surface area (Å²) in [5.41, 5.74) is 1.94. The number of nitrogens with zero attached hydrogens (tertiary/aromatic N) is 1. The highest BCUT2D eigenvalue weighted by atomic mass is 32.1. The maximum absolute atomic E-state index is 11.9. The molecule has 0 spiro atoms. The van der Waals surface area contributed by atoms with Crippen molar-refractivity contribution < 1.29 is 4.90 Å². The topological polar surface area (TPSA) is 83.1 Å². The summed E-state index contributed by atoms with van der Waals surface area (Å²) in [6, 6.07) is 2.10. The van der Waals surface area contributed by atoms with Gasteiger partial charge in [-0.15, -0.1) is 11.3 Å². The first-order chi connectivity index (χ1) is 9.63. The summed E-state index contributed by atoms with van der Waals surface area (Å²) in [4.78, 5) is 30.3. The van der Waals surface area contributed by atoms with Crippen molar-refractivity contribution in [3.8, 4) is 0 Å². The molecule has 1 aliphatic heterocycles. The molecule has 0 saturated carbocycles. The van der Waals surface area contributed by atoms with Crippen molar-refractivity contribution in [3.05, 3.63) is 37.9 Å². The van der Waals surface area contributed by atoms with Gasteiger partial charge in [-0.05, 0) is 6.07 Å². The SMILES string of the molecule is C[NH+]1CCc2nc3sc4c(=O)c(=O)[nH][nH]c4c3cc2C1. The van der Waals surface area contributed by atoms with Crippen LogP contribution in [0.25, 0.3) is 20.4 Å². The third kappa shape index (κ3) is 1.56. The van der Waals surface area contributed by atoms with E-state index < -0.39 is 11.0 Å². The number of hydrogen-bond acceptors (Lipinski definition) is 4. The van der Waals surface area contributed by atoms with Gasteiger partial charge in [0.15, 0.2) is 0 Å². The molecule has 3 N–H and O–H groups in total. The van der Waals surface area contributed by atoms with Crippen molar-refractivity contribution in [1.29, 1.82) is 0 Å². The number of aromatic nitrogens is 3. The number of aromatic amines is 2. The summed E-state index contributed by atoms with van der Waals surface area (Å²) in [5.74, 6) is 0. The van der Waals surface area contributed by atoms with E-state index in [4.69, 9.17) is 0 Å². The van der Waals surface area contributed by atoms with E-state index >= 15 is 0 Å². The number of likely N-dealkylation sites (N-methyl/N-ethyl adjacent to an activating group) is 1. The molecular weight excluding hydrogens is 276 g/mol. The summed E-state index contributed by atoms with van der Waals surface area (Å²) in [7, 11) is 2.16. The van der Waals surface area contributed by atoms with Crippen molar-refractivity contribution in [1.82, 2.24) is 15.2 Å². The monoisotopic (exact) mass is 289 g/mol. The van der Waals surface area contributed by atoms with Crippen LogP contribution in [0.4, 0.5) is 0 Å². The van der Waals surface area contributed by atoms with Gasteiger partial charge in [0.05, 0.1) is 24.8 Å². The van der Waals surface area contributed by atoms with Crippen molar-refractivity contribution in [3.63, 3.8) is 0 Å². The van der Waals surface area contributed by atoms with Gasteiger partial charge in [-0.3, -0.25) is 19.8 Å². The zero-order valence-corrected chi connectivity index (χ0v) is 11.7. The predicted octanol–water partition coefficient (Wildman–Crippen LogP) is -0.603. The van der Waals surface area contributed by atoms with Gasteiger partial charge in [0, 0.05) is 17.4 Å². The maximum Gasteiger partial charge on any atom is 0.311 e. The number of nitrogens with one attached hydrogen (secondary N) is 3. The van der Waals surface area contributed by atoms with E-state index in [1.165, 1.54) is 21.8 Å². The molecule has 20 heavy (non-hydrogen) atoms. The third-order valence-corrected chi connectivity index (χ3v) is 4.94. The summed E-state index contributed by atoms with van der Waals surface area (Å²) >= 11 is 1.29. The Hall–Kier alpha value is -1.99. The molecule has 0 bridgehead atoms. The van der Waals surface area contributed by atoms with Crippen molar-refractivity contribution >= 4 is 31.8 Å². The first-order valence-corrected chi connectivity index (χ1v) is 7.32. The molecule has 3 aromatic rings. The lowest BCUT2D eigenvalue weighted by Crippen LogP contribution is -3.08. The van der Waals surface area contributed by atoms with Crippen LogP contribution >= 0.6 is 11.3 Å². The van der Waals surface area contributed by atoms with Gasteiger partial charge in [0.25, 0.3) is 5.43 Å². The molecular formula is C13H13N4O2S+. The summed E-state index contributed by atoms with van der Waals surface area (Å²) in [5, 5.41) is 6.14. The van der Waals surface area contributed by atoms with E-state index in [2.05, 4.69) is 28.3 Å². The molecule has 7 heteroatoms. The number of fused-ring (bicyclic) bond motifs is 4. The lowest BCUT2D eigenvalue weighted by atomic mass is 10.1. The number of pyridine rings is 1. The van der Waals surface area contributed by atoms with Crippen molar-refractivity contribution in [2.75, 3.05) is 13.6 Å². The molecule has 4 rings (SSSR count). The van der Waals surface area contributed by atoms with Crippen LogP contribution in [-0.2, 0) is 13.0 Å². The molecule has 0 aromatic carbocycles. The fourth-order valence-corrected chi connectivity index (χ4v) is 3.85. The molecule has 0 fully saturated rings. The number of rotatable bonds is 0. The van der Waals surface area contributed by atoms with Gasteiger partial charge in [0.1, 0.15) is 16.1 Å². The van der Waals surface area contributed by atoms with E-state index in [9.17, 15) is 9.59 Å². The van der Waals surface area contributed by atoms with E-state index in [0.29, 0.717) is 10.2 Å². The Balaban J connectivity index is 2.11. The van der Waals surface area contributed by atoms with Crippen LogP contribution in [0, 0.1) is 0 Å². The van der Waals surface area contributed by atoms with E-state index in [0.717, 1.165) is 35.4 Å². The average molecular weight is 289 g/mol. The van der Waals surface area contributed by atoms with Crippen LogP contribution in [0.2, 0.25) is 0 Å². The zero-order valence-electron chi connectivity index (χ0n) is 10.9. The van der Waals surface area contributed by atoms with E-state index in [-0.39, 0.29) is 0 Å². The second-order valence-electron chi connectivity index (χ2n) is 5.30. The van der Waals surface area contributed by atoms with Gasteiger partial charge in [-0.25, -0.2) is 4.98 Å². The van der Waals surface area contributed by atoms with Crippen LogP contribution in [0.3, 0.4) is 0 Å². The molecule has 0 aliphatic carbocycles. The Labute approximate surface area is 117 Å². The van der Waals surface area contributed by atoms with Crippen LogP contribution < -0.4 is 15.9 Å². The van der Waals surface area contributed by atoms with Crippen LogP contribution in [-0.4, -0.2) is 28.8 Å². The fraction of sp³-hybridized carbons (Fsp3) is 0.308. The highest BCUT2D eigenvalue weighted by Gasteiger charge is 2.20. The van der Waals surface area contributed by atoms with Crippen molar-refractivity contribution in [2.45, 2.75) is 13.0 Å². The smallest absolute Gasteiger partial charge is 0.311 e. The summed E-state index contributed by atoms with van der Waals surface area (Å²) < 4.78 is 0.458. The largest absolute Gasteiger partial charge is 0.333 e.